The summed E-state index contributed by atoms with van der Waals surface area (Å²) >= 11 is 12.5. The number of hydrogen-bond donors (Lipinski definition) is 1. The minimum absolute atomic E-state index is 0.431. The van der Waals surface area contributed by atoms with Crippen LogP contribution in [0.25, 0.3) is 10.8 Å². The first-order valence-electron chi connectivity index (χ1n) is 9.59. The molecule has 0 heterocycles. The molecule has 0 amide bonds. The molecule has 0 radical (unpaired) electrons. The van der Waals surface area contributed by atoms with Gasteiger partial charge < -0.3 is 10.2 Å². The third-order valence-corrected chi connectivity index (χ3v) is 5.48. The van der Waals surface area contributed by atoms with Crippen LogP contribution in [0.3, 0.4) is 0 Å². The predicted molar refractivity (Wildman–Crippen MR) is 126 cm³/mol. The Bertz CT molecular complexity index is 1160. The minimum Gasteiger partial charge on any atom is -0.488 e. The van der Waals surface area contributed by atoms with Crippen molar-refractivity contribution in [1.29, 1.82) is 0 Å². The second-order valence-electron chi connectivity index (χ2n) is 6.77. The zero-order chi connectivity index (χ0) is 20.8. The van der Waals surface area contributed by atoms with Crippen molar-refractivity contribution in [2.45, 2.75) is 13.2 Å². The van der Waals surface area contributed by atoms with Gasteiger partial charge in [0, 0.05) is 21.2 Å². The fourth-order valence-corrected chi connectivity index (χ4v) is 3.74. The van der Waals surface area contributed by atoms with Crippen molar-refractivity contribution in [3.63, 3.8) is 0 Å². The van der Waals surface area contributed by atoms with Crippen molar-refractivity contribution in [2.75, 3.05) is 0 Å². The van der Waals surface area contributed by atoms with Crippen LogP contribution in [-0.2, 0) is 13.2 Å². The van der Waals surface area contributed by atoms with Crippen molar-refractivity contribution in [3.05, 3.63) is 112 Å². The average Bonchev–Trinajstić information content (AvgIpc) is 2.78. The molecule has 4 rings (SSSR count). The van der Waals surface area contributed by atoms with Crippen molar-refractivity contribution in [1.82, 2.24) is 5.43 Å². The highest BCUT2D eigenvalue weighted by molar-refractivity contribution is 6.35. The molecule has 3 nitrogen and oxygen atoms in total. The lowest BCUT2D eigenvalue weighted by molar-refractivity contribution is 0.306. The Morgan fingerprint density at radius 2 is 1.53 bits per heavy atom. The topological polar surface area (TPSA) is 33.6 Å². The number of ether oxygens (including phenoxy) is 1. The van der Waals surface area contributed by atoms with E-state index in [-0.39, 0.29) is 0 Å². The normalized spacial score (nSPS) is 11.1. The number of hydrogen-bond acceptors (Lipinski definition) is 3. The summed E-state index contributed by atoms with van der Waals surface area (Å²) in [5.74, 6) is 0.777. The fraction of sp³-hybridized carbons (Fsp3) is 0.0800. The molecule has 4 aromatic carbocycles. The van der Waals surface area contributed by atoms with Gasteiger partial charge in [-0.25, -0.2) is 0 Å². The molecule has 0 fully saturated rings. The molecule has 5 heteroatoms. The van der Waals surface area contributed by atoms with Gasteiger partial charge in [-0.3, -0.25) is 0 Å². The lowest BCUT2D eigenvalue weighted by atomic mass is 10.0. The van der Waals surface area contributed by atoms with E-state index in [0.29, 0.717) is 23.2 Å². The Hall–Kier alpha value is -3.01. The summed E-state index contributed by atoms with van der Waals surface area (Å²) in [5.41, 5.74) is 5.89. The average molecular weight is 435 g/mol. The van der Waals surface area contributed by atoms with Crippen molar-refractivity contribution in [3.8, 4) is 5.75 Å². The predicted octanol–water partition coefficient (Wildman–Crippen LogP) is 6.85. The van der Waals surface area contributed by atoms with Crippen LogP contribution in [0.5, 0.6) is 5.75 Å². The van der Waals surface area contributed by atoms with Gasteiger partial charge in [-0.05, 0) is 34.5 Å². The van der Waals surface area contributed by atoms with Gasteiger partial charge in [0.25, 0.3) is 0 Å². The first-order valence-corrected chi connectivity index (χ1v) is 10.4. The molecular weight excluding hydrogens is 415 g/mol. The van der Waals surface area contributed by atoms with E-state index in [9.17, 15) is 0 Å². The zero-order valence-corrected chi connectivity index (χ0v) is 17.7. The number of rotatable bonds is 7. The quantitative estimate of drug-likeness (QED) is 0.254. The van der Waals surface area contributed by atoms with Crippen molar-refractivity contribution in [2.24, 2.45) is 5.10 Å². The van der Waals surface area contributed by atoms with Gasteiger partial charge in [-0.1, -0.05) is 89.9 Å². The molecule has 0 atom stereocenters. The maximum Gasteiger partial charge on any atom is 0.129 e. The van der Waals surface area contributed by atoms with E-state index in [4.69, 9.17) is 27.9 Å². The molecule has 0 spiro atoms. The van der Waals surface area contributed by atoms with E-state index in [1.54, 1.807) is 6.21 Å². The van der Waals surface area contributed by atoms with Gasteiger partial charge >= 0.3 is 0 Å². The van der Waals surface area contributed by atoms with Crippen LogP contribution in [0.4, 0.5) is 0 Å². The van der Waals surface area contributed by atoms with Crippen LogP contribution in [0.15, 0.2) is 90.0 Å². The molecule has 1 N–H and O–H groups in total. The highest BCUT2D eigenvalue weighted by Crippen LogP contribution is 2.28. The van der Waals surface area contributed by atoms with Crippen molar-refractivity contribution >= 4 is 40.2 Å². The highest BCUT2D eigenvalue weighted by Gasteiger charge is 2.08. The van der Waals surface area contributed by atoms with E-state index in [1.807, 2.05) is 66.7 Å². The lowest BCUT2D eigenvalue weighted by Gasteiger charge is -2.12. The second-order valence-corrected chi connectivity index (χ2v) is 7.58. The summed E-state index contributed by atoms with van der Waals surface area (Å²) < 4.78 is 6.12. The van der Waals surface area contributed by atoms with Crippen LogP contribution in [0, 0.1) is 0 Å². The Morgan fingerprint density at radius 3 is 2.33 bits per heavy atom. The number of hydrazone groups is 1. The van der Waals surface area contributed by atoms with E-state index in [0.717, 1.165) is 33.2 Å². The summed E-state index contributed by atoms with van der Waals surface area (Å²) in [6.07, 6.45) is 1.79. The van der Waals surface area contributed by atoms with Crippen LogP contribution in [0.1, 0.15) is 16.7 Å². The molecule has 4 aromatic rings. The fourth-order valence-electron chi connectivity index (χ4n) is 3.21. The molecule has 0 aliphatic rings. The first kappa shape index (κ1) is 20.3. The first-order chi connectivity index (χ1) is 14.7. The molecule has 0 saturated carbocycles. The molecule has 0 unspecified atom stereocenters. The summed E-state index contributed by atoms with van der Waals surface area (Å²) in [4.78, 5) is 0. The van der Waals surface area contributed by atoms with Crippen LogP contribution in [-0.4, -0.2) is 6.21 Å². The molecule has 0 aliphatic heterocycles. The van der Waals surface area contributed by atoms with E-state index in [2.05, 4.69) is 28.7 Å². The maximum atomic E-state index is 6.23. The molecule has 30 heavy (non-hydrogen) atoms. The maximum absolute atomic E-state index is 6.23. The van der Waals surface area contributed by atoms with Gasteiger partial charge in [0.1, 0.15) is 12.4 Å². The smallest absolute Gasteiger partial charge is 0.129 e. The van der Waals surface area contributed by atoms with Gasteiger partial charge in [-0.2, -0.15) is 5.10 Å². The lowest BCUT2D eigenvalue weighted by Crippen LogP contribution is -2.07. The molecule has 150 valence electrons. The van der Waals surface area contributed by atoms with Crippen LogP contribution < -0.4 is 10.2 Å². The number of fused-ring (bicyclic) bond motifs is 1. The monoisotopic (exact) mass is 434 g/mol. The molecule has 0 saturated heterocycles. The zero-order valence-electron chi connectivity index (χ0n) is 16.2. The molecule has 0 aromatic heterocycles. The van der Waals surface area contributed by atoms with E-state index < -0.39 is 0 Å². The number of nitrogens with zero attached hydrogens (tertiary/aromatic N) is 1. The summed E-state index contributed by atoms with van der Waals surface area (Å²) in [7, 11) is 0. The van der Waals surface area contributed by atoms with E-state index >= 15 is 0 Å². The van der Waals surface area contributed by atoms with Gasteiger partial charge in [0.2, 0.25) is 0 Å². The third kappa shape index (κ3) is 4.76. The Balaban J connectivity index is 1.57. The Kier molecular flexibility index (Phi) is 6.53. The van der Waals surface area contributed by atoms with Gasteiger partial charge in [-0.15, -0.1) is 0 Å². The van der Waals surface area contributed by atoms with Crippen molar-refractivity contribution < 1.29 is 4.74 Å². The third-order valence-electron chi connectivity index (χ3n) is 4.77. The Labute approximate surface area is 185 Å². The standard InChI is InChI=1S/C25H20Cl2N2O/c26-23-11-6-12-24(27)22(23)16-29-28-15-21-20-10-5-4-9-19(20)13-14-25(21)30-17-18-7-2-1-3-8-18/h1-15,29H,16-17H2/b28-15-. The SMILES string of the molecule is Clc1cccc(Cl)c1CN/N=C\c1c(OCc2ccccc2)ccc2ccccc12. The summed E-state index contributed by atoms with van der Waals surface area (Å²) in [6, 6.07) is 27.8. The molecule has 0 aliphatic carbocycles. The number of halogens is 2. The Morgan fingerprint density at radius 1 is 0.800 bits per heavy atom. The van der Waals surface area contributed by atoms with Gasteiger partial charge in [0.15, 0.2) is 0 Å². The number of nitrogens with one attached hydrogen (secondary N) is 1. The minimum atomic E-state index is 0.431. The summed E-state index contributed by atoms with van der Waals surface area (Å²) in [6.45, 7) is 0.919. The molecule has 0 bridgehead atoms. The van der Waals surface area contributed by atoms with E-state index in [1.165, 1.54) is 0 Å². The van der Waals surface area contributed by atoms with Crippen LogP contribution in [0.2, 0.25) is 10.0 Å². The number of benzene rings is 4. The van der Waals surface area contributed by atoms with Gasteiger partial charge in [0.05, 0.1) is 12.8 Å². The highest BCUT2D eigenvalue weighted by atomic mass is 35.5. The summed E-state index contributed by atoms with van der Waals surface area (Å²) in [5, 5.41) is 7.84. The van der Waals surface area contributed by atoms with Crippen LogP contribution >= 0.6 is 23.2 Å². The largest absolute Gasteiger partial charge is 0.488 e. The molecular formula is C25H20Cl2N2O. The second kappa shape index (κ2) is 9.66.